The number of hydrogen-bond donors (Lipinski definition) is 1. The van der Waals surface area contributed by atoms with E-state index in [1.54, 1.807) is 0 Å². The molecule has 0 saturated heterocycles. The molecule has 1 aliphatic carbocycles. The van der Waals surface area contributed by atoms with Crippen molar-refractivity contribution >= 4 is 0 Å². The Morgan fingerprint density at radius 3 is 2.43 bits per heavy atom. The van der Waals surface area contributed by atoms with Crippen LogP contribution in [0.15, 0.2) is 12.2 Å². The predicted octanol–water partition coefficient (Wildman–Crippen LogP) is 3.53. The molecule has 0 saturated carbocycles. The molecule has 82 valence electrons. The fraction of sp³-hybridized carbons (Fsp3) is 0.846. The summed E-state index contributed by atoms with van der Waals surface area (Å²) in [6.07, 6.45) is 8.52. The van der Waals surface area contributed by atoms with Gasteiger partial charge in [0.1, 0.15) is 0 Å². The summed E-state index contributed by atoms with van der Waals surface area (Å²) in [4.78, 5) is 0. The van der Waals surface area contributed by atoms with Crippen LogP contribution in [0.1, 0.15) is 53.4 Å². The third-order valence-corrected chi connectivity index (χ3v) is 4.12. The largest absolute Gasteiger partial charge is 0.385 e. The van der Waals surface area contributed by atoms with Crippen molar-refractivity contribution in [3.05, 3.63) is 12.2 Å². The van der Waals surface area contributed by atoms with Gasteiger partial charge in [0.05, 0.1) is 5.60 Å². The van der Waals surface area contributed by atoms with Gasteiger partial charge in [0, 0.05) is 0 Å². The second-order valence-electron chi connectivity index (χ2n) is 5.23. The lowest BCUT2D eigenvalue weighted by Gasteiger charge is -2.43. The van der Waals surface area contributed by atoms with Crippen LogP contribution in [0.25, 0.3) is 0 Å². The van der Waals surface area contributed by atoms with E-state index in [9.17, 15) is 5.11 Å². The average Bonchev–Trinajstić information content (AvgIpc) is 2.19. The number of hydrogen-bond acceptors (Lipinski definition) is 1. The smallest absolute Gasteiger partial charge is 0.0878 e. The summed E-state index contributed by atoms with van der Waals surface area (Å²) in [5.41, 5.74) is -0.574. The Hall–Kier alpha value is -0.300. The van der Waals surface area contributed by atoms with E-state index >= 15 is 0 Å². The van der Waals surface area contributed by atoms with Crippen LogP contribution >= 0.6 is 0 Å². The van der Waals surface area contributed by atoms with Crippen molar-refractivity contribution in [2.45, 2.75) is 59.0 Å². The summed E-state index contributed by atoms with van der Waals surface area (Å²) in [6, 6.07) is 0. The molecule has 0 aromatic rings. The Bertz CT molecular complexity index is 217. The van der Waals surface area contributed by atoms with E-state index in [-0.39, 0.29) is 5.41 Å². The quantitative estimate of drug-likeness (QED) is 0.685. The van der Waals surface area contributed by atoms with Crippen molar-refractivity contribution in [1.29, 1.82) is 0 Å². The van der Waals surface area contributed by atoms with Crippen molar-refractivity contribution in [2.24, 2.45) is 11.3 Å². The van der Waals surface area contributed by atoms with E-state index in [0.29, 0.717) is 5.92 Å². The lowest BCUT2D eigenvalue weighted by Crippen LogP contribution is -2.44. The molecule has 1 rings (SSSR count). The van der Waals surface area contributed by atoms with Gasteiger partial charge in [-0.15, -0.1) is 0 Å². The maximum atomic E-state index is 10.5. The fourth-order valence-electron chi connectivity index (χ4n) is 2.09. The monoisotopic (exact) mass is 196 g/mol. The molecule has 0 radical (unpaired) electrons. The van der Waals surface area contributed by atoms with Crippen molar-refractivity contribution in [3.63, 3.8) is 0 Å². The van der Waals surface area contributed by atoms with Crippen LogP contribution in [-0.4, -0.2) is 10.7 Å². The molecule has 1 heteroatoms. The van der Waals surface area contributed by atoms with Gasteiger partial charge >= 0.3 is 0 Å². The highest BCUT2D eigenvalue weighted by Gasteiger charge is 2.41. The first-order chi connectivity index (χ1) is 6.45. The first kappa shape index (κ1) is 11.8. The standard InChI is InChI=1S/C13H24O/c1-5-11-7-9-13(14,10-8-11)12(3,4)6-2/h7,9,11,14H,5-6,8,10H2,1-4H3. The van der Waals surface area contributed by atoms with Gasteiger partial charge in [-0.2, -0.15) is 0 Å². The molecule has 0 bridgehead atoms. The highest BCUT2D eigenvalue weighted by molar-refractivity contribution is 5.13. The van der Waals surface area contributed by atoms with Crippen LogP contribution in [0.3, 0.4) is 0 Å². The summed E-state index contributed by atoms with van der Waals surface area (Å²) in [5.74, 6) is 0.683. The van der Waals surface area contributed by atoms with Crippen LogP contribution in [0, 0.1) is 11.3 Å². The summed E-state index contributed by atoms with van der Waals surface area (Å²) >= 11 is 0. The van der Waals surface area contributed by atoms with E-state index < -0.39 is 5.60 Å². The van der Waals surface area contributed by atoms with Gasteiger partial charge in [-0.1, -0.05) is 39.8 Å². The molecule has 2 atom stereocenters. The van der Waals surface area contributed by atoms with Crippen LogP contribution in [0.4, 0.5) is 0 Å². The highest BCUT2D eigenvalue weighted by atomic mass is 16.3. The molecule has 0 heterocycles. The third-order valence-electron chi connectivity index (χ3n) is 4.12. The molecule has 2 unspecified atom stereocenters. The zero-order valence-electron chi connectivity index (χ0n) is 10.0. The Kier molecular flexibility index (Phi) is 3.41. The minimum Gasteiger partial charge on any atom is -0.385 e. The zero-order valence-corrected chi connectivity index (χ0v) is 10.0. The Morgan fingerprint density at radius 1 is 1.43 bits per heavy atom. The predicted molar refractivity (Wildman–Crippen MR) is 61.2 cm³/mol. The summed E-state index contributed by atoms with van der Waals surface area (Å²) in [5, 5.41) is 10.5. The molecule has 0 fully saturated rings. The Morgan fingerprint density at radius 2 is 2.07 bits per heavy atom. The summed E-state index contributed by atoms with van der Waals surface area (Å²) in [6.45, 7) is 8.68. The molecular weight excluding hydrogens is 172 g/mol. The van der Waals surface area contributed by atoms with E-state index in [2.05, 4.69) is 33.8 Å². The number of allylic oxidation sites excluding steroid dienone is 1. The van der Waals surface area contributed by atoms with Gasteiger partial charge in [-0.05, 0) is 37.0 Å². The maximum absolute atomic E-state index is 10.5. The normalized spacial score (nSPS) is 33.4. The molecule has 1 aliphatic rings. The molecule has 0 aromatic heterocycles. The van der Waals surface area contributed by atoms with E-state index in [1.807, 2.05) is 6.08 Å². The molecule has 0 aromatic carbocycles. The Labute approximate surface area is 88.2 Å². The van der Waals surface area contributed by atoms with Crippen LogP contribution < -0.4 is 0 Å². The maximum Gasteiger partial charge on any atom is 0.0878 e. The van der Waals surface area contributed by atoms with Crippen LogP contribution in [0.5, 0.6) is 0 Å². The highest BCUT2D eigenvalue weighted by Crippen LogP contribution is 2.42. The molecule has 0 aliphatic heterocycles. The lowest BCUT2D eigenvalue weighted by atomic mass is 9.67. The van der Waals surface area contributed by atoms with Crippen LogP contribution in [0.2, 0.25) is 0 Å². The summed E-state index contributed by atoms with van der Waals surface area (Å²) < 4.78 is 0. The second-order valence-corrected chi connectivity index (χ2v) is 5.23. The Balaban J connectivity index is 2.79. The fourth-order valence-corrected chi connectivity index (χ4v) is 2.09. The van der Waals surface area contributed by atoms with E-state index in [4.69, 9.17) is 0 Å². The van der Waals surface area contributed by atoms with Gasteiger partial charge in [-0.25, -0.2) is 0 Å². The molecule has 0 amide bonds. The lowest BCUT2D eigenvalue weighted by molar-refractivity contribution is -0.0415. The minimum atomic E-state index is -0.576. The molecule has 0 spiro atoms. The molecule has 14 heavy (non-hydrogen) atoms. The van der Waals surface area contributed by atoms with Gasteiger partial charge in [-0.3, -0.25) is 0 Å². The van der Waals surface area contributed by atoms with Gasteiger partial charge < -0.3 is 5.11 Å². The SMILES string of the molecule is CCC1C=CC(O)(C(C)(C)CC)CC1. The van der Waals surface area contributed by atoms with Gasteiger partial charge in [0.2, 0.25) is 0 Å². The van der Waals surface area contributed by atoms with E-state index in [1.165, 1.54) is 6.42 Å². The van der Waals surface area contributed by atoms with Crippen molar-refractivity contribution < 1.29 is 5.11 Å². The van der Waals surface area contributed by atoms with Crippen molar-refractivity contribution in [1.82, 2.24) is 0 Å². The first-order valence-corrected chi connectivity index (χ1v) is 5.87. The topological polar surface area (TPSA) is 20.2 Å². The third kappa shape index (κ3) is 2.03. The first-order valence-electron chi connectivity index (χ1n) is 5.87. The molecular formula is C13H24O. The van der Waals surface area contributed by atoms with Crippen molar-refractivity contribution in [3.8, 4) is 0 Å². The average molecular weight is 196 g/mol. The molecule has 1 nitrogen and oxygen atoms in total. The van der Waals surface area contributed by atoms with Gasteiger partial charge in [0.25, 0.3) is 0 Å². The van der Waals surface area contributed by atoms with E-state index in [0.717, 1.165) is 19.3 Å². The molecule has 1 N–H and O–H groups in total. The van der Waals surface area contributed by atoms with Crippen LogP contribution in [-0.2, 0) is 0 Å². The van der Waals surface area contributed by atoms with Crippen molar-refractivity contribution in [2.75, 3.05) is 0 Å². The zero-order chi connectivity index (χ0) is 10.8. The summed E-state index contributed by atoms with van der Waals surface area (Å²) in [7, 11) is 0. The minimum absolute atomic E-state index is 0.00219. The van der Waals surface area contributed by atoms with Gasteiger partial charge in [0.15, 0.2) is 0 Å². The second kappa shape index (κ2) is 4.06. The number of rotatable bonds is 3. The number of aliphatic hydroxyl groups is 1.